The lowest BCUT2D eigenvalue weighted by molar-refractivity contribution is 0.0934. The average molecular weight is 409 g/mol. The van der Waals surface area contributed by atoms with Crippen LogP contribution in [0.15, 0.2) is 89.8 Å². The summed E-state index contributed by atoms with van der Waals surface area (Å²) < 4.78 is 27.3. The van der Waals surface area contributed by atoms with Gasteiger partial charge in [0.15, 0.2) is 0 Å². The van der Waals surface area contributed by atoms with E-state index in [1.54, 1.807) is 42.5 Å². The molecule has 1 unspecified atom stereocenters. The van der Waals surface area contributed by atoms with Crippen molar-refractivity contribution < 1.29 is 13.2 Å². The second-order valence-corrected chi connectivity index (χ2v) is 8.40. The first-order valence-corrected chi connectivity index (χ1v) is 11.0. The molecule has 0 heterocycles. The van der Waals surface area contributed by atoms with Crippen LogP contribution in [0.4, 0.5) is 5.69 Å². The van der Waals surface area contributed by atoms with Crippen LogP contribution in [-0.4, -0.2) is 14.3 Å². The minimum atomic E-state index is -3.66. The molecule has 3 aromatic rings. The number of carbonyl (C=O) groups excluding carboxylic acids is 1. The Morgan fingerprint density at radius 3 is 2.03 bits per heavy atom. The SMILES string of the molecule is CCCC(NC(=O)c1ccc(NS(=O)(=O)c2ccccc2)cc1)c1ccccc1. The van der Waals surface area contributed by atoms with Crippen LogP contribution in [0.5, 0.6) is 0 Å². The van der Waals surface area contributed by atoms with Gasteiger partial charge in [-0.05, 0) is 48.4 Å². The second kappa shape index (κ2) is 9.39. The highest BCUT2D eigenvalue weighted by atomic mass is 32.2. The molecule has 2 N–H and O–H groups in total. The molecule has 5 nitrogen and oxygen atoms in total. The smallest absolute Gasteiger partial charge is 0.261 e. The summed E-state index contributed by atoms with van der Waals surface area (Å²) in [4.78, 5) is 12.9. The number of hydrogen-bond acceptors (Lipinski definition) is 3. The quantitative estimate of drug-likeness (QED) is 0.564. The first-order chi connectivity index (χ1) is 14.0. The molecule has 0 bridgehead atoms. The van der Waals surface area contributed by atoms with Crippen molar-refractivity contribution in [3.8, 4) is 0 Å². The Balaban J connectivity index is 1.70. The van der Waals surface area contributed by atoms with Crippen molar-refractivity contribution >= 4 is 21.6 Å². The van der Waals surface area contributed by atoms with Gasteiger partial charge in [-0.1, -0.05) is 61.9 Å². The lowest BCUT2D eigenvalue weighted by atomic mass is 10.0. The van der Waals surface area contributed by atoms with Crippen molar-refractivity contribution in [3.05, 3.63) is 96.1 Å². The van der Waals surface area contributed by atoms with Crippen molar-refractivity contribution in [2.24, 2.45) is 0 Å². The van der Waals surface area contributed by atoms with Crippen LogP contribution in [0.3, 0.4) is 0 Å². The number of hydrogen-bond donors (Lipinski definition) is 2. The molecule has 0 aromatic heterocycles. The number of rotatable bonds is 8. The Morgan fingerprint density at radius 1 is 0.862 bits per heavy atom. The van der Waals surface area contributed by atoms with Crippen LogP contribution in [-0.2, 0) is 10.0 Å². The van der Waals surface area contributed by atoms with Crippen LogP contribution in [0.2, 0.25) is 0 Å². The monoisotopic (exact) mass is 408 g/mol. The van der Waals surface area contributed by atoms with Crippen molar-refractivity contribution in [2.75, 3.05) is 4.72 Å². The minimum Gasteiger partial charge on any atom is -0.345 e. The summed E-state index contributed by atoms with van der Waals surface area (Å²) in [5, 5.41) is 3.07. The van der Waals surface area contributed by atoms with Gasteiger partial charge in [0, 0.05) is 11.3 Å². The van der Waals surface area contributed by atoms with Gasteiger partial charge in [-0.25, -0.2) is 8.42 Å². The third kappa shape index (κ3) is 5.45. The normalized spacial score (nSPS) is 12.2. The summed E-state index contributed by atoms with van der Waals surface area (Å²) in [5.41, 5.74) is 1.94. The van der Waals surface area contributed by atoms with Crippen molar-refractivity contribution in [2.45, 2.75) is 30.7 Å². The predicted octanol–water partition coefficient (Wildman–Crippen LogP) is 4.76. The van der Waals surface area contributed by atoms with Crippen LogP contribution in [0, 0.1) is 0 Å². The molecule has 0 saturated heterocycles. The Labute approximate surface area is 171 Å². The lowest BCUT2D eigenvalue weighted by Gasteiger charge is -2.19. The van der Waals surface area contributed by atoms with E-state index in [4.69, 9.17) is 0 Å². The summed E-state index contributed by atoms with van der Waals surface area (Å²) in [5.74, 6) is -0.190. The van der Waals surface area contributed by atoms with E-state index < -0.39 is 10.0 Å². The molecule has 0 saturated carbocycles. The van der Waals surface area contributed by atoms with E-state index in [0.717, 1.165) is 18.4 Å². The lowest BCUT2D eigenvalue weighted by Crippen LogP contribution is -2.28. The van der Waals surface area contributed by atoms with E-state index in [-0.39, 0.29) is 16.8 Å². The number of benzene rings is 3. The van der Waals surface area contributed by atoms with Crippen LogP contribution < -0.4 is 10.0 Å². The largest absolute Gasteiger partial charge is 0.345 e. The molecular weight excluding hydrogens is 384 g/mol. The zero-order valence-electron chi connectivity index (χ0n) is 16.2. The van der Waals surface area contributed by atoms with Gasteiger partial charge in [0.2, 0.25) is 0 Å². The van der Waals surface area contributed by atoms with Crippen molar-refractivity contribution in [3.63, 3.8) is 0 Å². The molecule has 6 heteroatoms. The maximum Gasteiger partial charge on any atom is 0.261 e. The zero-order valence-corrected chi connectivity index (χ0v) is 17.0. The average Bonchev–Trinajstić information content (AvgIpc) is 2.75. The third-order valence-electron chi connectivity index (χ3n) is 4.54. The van der Waals surface area contributed by atoms with Gasteiger partial charge >= 0.3 is 0 Å². The molecule has 0 aliphatic carbocycles. The first-order valence-electron chi connectivity index (χ1n) is 9.53. The Kier molecular flexibility index (Phi) is 6.67. The molecule has 0 spiro atoms. The fourth-order valence-electron chi connectivity index (χ4n) is 3.04. The predicted molar refractivity (Wildman–Crippen MR) is 115 cm³/mol. The molecule has 150 valence electrons. The molecule has 0 fully saturated rings. The molecule has 1 amide bonds. The standard InChI is InChI=1S/C23H24N2O3S/c1-2-9-22(18-10-5-3-6-11-18)24-23(26)19-14-16-20(17-15-19)25-29(27,28)21-12-7-4-8-13-21/h3-8,10-17,22,25H,2,9H2,1H3,(H,24,26). The van der Waals surface area contributed by atoms with Crippen molar-refractivity contribution in [1.29, 1.82) is 0 Å². The number of nitrogens with one attached hydrogen (secondary N) is 2. The maximum absolute atomic E-state index is 12.7. The van der Waals surface area contributed by atoms with Crippen molar-refractivity contribution in [1.82, 2.24) is 5.32 Å². The van der Waals surface area contributed by atoms with E-state index in [2.05, 4.69) is 17.0 Å². The Bertz CT molecular complexity index is 1030. The Hall–Kier alpha value is -3.12. The highest BCUT2D eigenvalue weighted by Gasteiger charge is 2.16. The zero-order chi connectivity index (χ0) is 20.7. The highest BCUT2D eigenvalue weighted by Crippen LogP contribution is 2.20. The molecule has 29 heavy (non-hydrogen) atoms. The van der Waals surface area contributed by atoms with Gasteiger partial charge in [-0.15, -0.1) is 0 Å². The van der Waals surface area contributed by atoms with Gasteiger partial charge in [0.05, 0.1) is 10.9 Å². The molecule has 0 aliphatic rings. The van der Waals surface area contributed by atoms with Crippen LogP contribution in [0.25, 0.3) is 0 Å². The Morgan fingerprint density at radius 2 is 1.45 bits per heavy atom. The van der Waals surface area contributed by atoms with E-state index in [0.29, 0.717) is 11.3 Å². The number of sulfonamides is 1. The highest BCUT2D eigenvalue weighted by molar-refractivity contribution is 7.92. The van der Waals surface area contributed by atoms with Gasteiger partial charge in [0.25, 0.3) is 15.9 Å². The molecule has 3 rings (SSSR count). The molecule has 0 radical (unpaired) electrons. The van der Waals surface area contributed by atoms with E-state index in [1.165, 1.54) is 12.1 Å². The fraction of sp³-hybridized carbons (Fsp3) is 0.174. The van der Waals surface area contributed by atoms with Gasteiger partial charge < -0.3 is 5.32 Å². The summed E-state index contributed by atoms with van der Waals surface area (Å²) >= 11 is 0. The minimum absolute atomic E-state index is 0.0649. The van der Waals surface area contributed by atoms with Crippen LogP contribution in [0.1, 0.15) is 41.7 Å². The number of amides is 1. The number of anilines is 1. The molecular formula is C23H24N2O3S. The molecule has 1 atom stereocenters. The fourth-order valence-corrected chi connectivity index (χ4v) is 4.12. The summed E-state index contributed by atoms with van der Waals surface area (Å²) in [6.07, 6.45) is 1.78. The third-order valence-corrected chi connectivity index (χ3v) is 5.93. The summed E-state index contributed by atoms with van der Waals surface area (Å²) in [6, 6.07) is 24.4. The maximum atomic E-state index is 12.7. The first kappa shape index (κ1) is 20.6. The topological polar surface area (TPSA) is 75.3 Å². The van der Waals surface area contributed by atoms with E-state index >= 15 is 0 Å². The molecule has 3 aromatic carbocycles. The van der Waals surface area contributed by atoms with E-state index in [9.17, 15) is 13.2 Å². The summed E-state index contributed by atoms with van der Waals surface area (Å²) in [7, 11) is -3.66. The van der Waals surface area contributed by atoms with Gasteiger partial charge in [0.1, 0.15) is 0 Å². The van der Waals surface area contributed by atoms with E-state index in [1.807, 2.05) is 30.3 Å². The molecule has 0 aliphatic heterocycles. The number of carbonyl (C=O) groups is 1. The van der Waals surface area contributed by atoms with Gasteiger partial charge in [-0.2, -0.15) is 0 Å². The van der Waals surface area contributed by atoms with Crippen LogP contribution >= 0.6 is 0 Å². The summed E-state index contributed by atoms with van der Waals surface area (Å²) in [6.45, 7) is 2.08. The van der Waals surface area contributed by atoms with Gasteiger partial charge in [-0.3, -0.25) is 9.52 Å². The second-order valence-electron chi connectivity index (χ2n) is 6.72.